The van der Waals surface area contributed by atoms with Gasteiger partial charge in [-0.25, -0.2) is 0 Å². The lowest BCUT2D eigenvalue weighted by molar-refractivity contribution is 0.324. The van der Waals surface area contributed by atoms with Crippen LogP contribution in [-0.4, -0.2) is 24.5 Å². The Labute approximate surface area is 126 Å². The highest BCUT2D eigenvalue weighted by Crippen LogP contribution is 2.27. The summed E-state index contributed by atoms with van der Waals surface area (Å²) in [5, 5.41) is 4.55. The van der Waals surface area contributed by atoms with E-state index in [1.807, 2.05) is 24.3 Å². The average molecular weight is 284 g/mol. The van der Waals surface area contributed by atoms with Crippen molar-refractivity contribution >= 4 is 11.0 Å². The van der Waals surface area contributed by atoms with E-state index < -0.39 is 0 Å². The van der Waals surface area contributed by atoms with Crippen LogP contribution < -0.4 is 5.32 Å². The molecule has 0 bridgehead atoms. The van der Waals surface area contributed by atoms with Crippen molar-refractivity contribution in [2.24, 2.45) is 0 Å². The van der Waals surface area contributed by atoms with Gasteiger partial charge in [0.1, 0.15) is 11.3 Å². The molecule has 0 atom stereocenters. The monoisotopic (exact) mass is 284 g/mol. The molecule has 1 aromatic heterocycles. The van der Waals surface area contributed by atoms with E-state index in [1.165, 1.54) is 10.9 Å². The molecule has 0 aliphatic carbocycles. The molecule has 0 spiro atoms. The number of rotatable bonds is 9. The Morgan fingerprint density at radius 2 is 1.90 bits per heavy atom. The third kappa shape index (κ3) is 3.84. The van der Waals surface area contributed by atoms with Crippen molar-refractivity contribution in [3.05, 3.63) is 60.9 Å². The molecule has 0 unspecified atom stereocenters. The molecule has 112 valence electrons. The van der Waals surface area contributed by atoms with Gasteiger partial charge in [0.2, 0.25) is 0 Å². The average Bonchev–Trinajstić information content (AvgIpc) is 2.84. The second-order valence-corrected chi connectivity index (χ2v) is 5.05. The zero-order valence-electron chi connectivity index (χ0n) is 12.8. The van der Waals surface area contributed by atoms with Crippen molar-refractivity contribution in [2.75, 3.05) is 19.6 Å². The normalized spacial score (nSPS) is 11.1. The summed E-state index contributed by atoms with van der Waals surface area (Å²) in [7, 11) is 0. The molecular weight excluding hydrogens is 260 g/mol. The first-order chi connectivity index (χ1) is 10.3. The zero-order chi connectivity index (χ0) is 15.1. The van der Waals surface area contributed by atoms with Gasteiger partial charge < -0.3 is 9.73 Å². The van der Waals surface area contributed by atoms with E-state index in [9.17, 15) is 0 Å². The molecule has 1 N–H and O–H groups in total. The Morgan fingerprint density at radius 3 is 2.57 bits per heavy atom. The smallest absolute Gasteiger partial charge is 0.134 e. The summed E-state index contributed by atoms with van der Waals surface area (Å²) in [6.07, 6.45) is 3.85. The van der Waals surface area contributed by atoms with Gasteiger partial charge in [0, 0.05) is 30.6 Å². The van der Waals surface area contributed by atoms with Crippen LogP contribution in [-0.2, 0) is 13.1 Å². The number of nitrogens with one attached hydrogen (secondary N) is 1. The lowest BCUT2D eigenvalue weighted by atomic mass is 10.1. The lowest BCUT2D eigenvalue weighted by Crippen LogP contribution is -2.24. The summed E-state index contributed by atoms with van der Waals surface area (Å²) in [5.74, 6) is 1.02. The standard InChI is InChI=1S/C18H24N2O/c1-4-11-20(12-5-2)14-16-15-9-7-8-10-17(15)21-18(16)13-19-6-3/h4-5,7-10,19H,1-2,6,11-14H2,3H3. The topological polar surface area (TPSA) is 28.4 Å². The van der Waals surface area contributed by atoms with E-state index in [-0.39, 0.29) is 0 Å². The van der Waals surface area contributed by atoms with Crippen LogP contribution >= 0.6 is 0 Å². The van der Waals surface area contributed by atoms with Gasteiger partial charge in [-0.2, -0.15) is 0 Å². The van der Waals surface area contributed by atoms with Crippen LogP contribution in [0.5, 0.6) is 0 Å². The fourth-order valence-electron chi connectivity index (χ4n) is 2.50. The Hall–Kier alpha value is -1.84. The largest absolute Gasteiger partial charge is 0.459 e. The fourth-order valence-corrected chi connectivity index (χ4v) is 2.50. The van der Waals surface area contributed by atoms with Gasteiger partial charge in [0.25, 0.3) is 0 Å². The first kappa shape index (κ1) is 15.5. The van der Waals surface area contributed by atoms with Crippen LogP contribution in [0.4, 0.5) is 0 Å². The maximum absolute atomic E-state index is 6.02. The minimum Gasteiger partial charge on any atom is -0.459 e. The molecule has 3 heteroatoms. The van der Waals surface area contributed by atoms with Gasteiger partial charge in [0.15, 0.2) is 0 Å². The number of benzene rings is 1. The fraction of sp³-hybridized carbons (Fsp3) is 0.333. The summed E-state index contributed by atoms with van der Waals surface area (Å²) in [6.45, 7) is 14.0. The van der Waals surface area contributed by atoms with Crippen molar-refractivity contribution in [3.63, 3.8) is 0 Å². The Bertz CT molecular complexity index is 590. The zero-order valence-corrected chi connectivity index (χ0v) is 12.8. The first-order valence-corrected chi connectivity index (χ1v) is 7.44. The second kappa shape index (κ2) is 7.81. The predicted octanol–water partition coefficient (Wildman–Crippen LogP) is 3.72. The first-order valence-electron chi connectivity index (χ1n) is 7.44. The second-order valence-electron chi connectivity index (χ2n) is 5.05. The van der Waals surface area contributed by atoms with Crippen LogP contribution in [0, 0.1) is 0 Å². The van der Waals surface area contributed by atoms with E-state index in [1.54, 1.807) is 0 Å². The number of fused-ring (bicyclic) bond motifs is 1. The number of para-hydroxylation sites is 1. The molecule has 2 aromatic rings. The molecule has 0 radical (unpaired) electrons. The van der Waals surface area contributed by atoms with Gasteiger partial charge in [0.05, 0.1) is 6.54 Å². The molecule has 0 saturated heterocycles. The van der Waals surface area contributed by atoms with E-state index in [0.29, 0.717) is 0 Å². The Balaban J connectivity index is 2.33. The van der Waals surface area contributed by atoms with E-state index in [4.69, 9.17) is 4.42 Å². The van der Waals surface area contributed by atoms with Crippen molar-refractivity contribution in [1.82, 2.24) is 10.2 Å². The molecule has 2 rings (SSSR count). The minimum atomic E-state index is 0.760. The highest BCUT2D eigenvalue weighted by molar-refractivity contribution is 5.82. The minimum absolute atomic E-state index is 0.760. The predicted molar refractivity (Wildman–Crippen MR) is 89.3 cm³/mol. The lowest BCUT2D eigenvalue weighted by Gasteiger charge is -2.19. The van der Waals surface area contributed by atoms with E-state index >= 15 is 0 Å². The molecule has 0 fully saturated rings. The Kier molecular flexibility index (Phi) is 5.78. The van der Waals surface area contributed by atoms with Crippen LogP contribution in [0.15, 0.2) is 54.0 Å². The molecule has 3 nitrogen and oxygen atoms in total. The summed E-state index contributed by atoms with van der Waals surface area (Å²) in [6, 6.07) is 8.23. The van der Waals surface area contributed by atoms with Gasteiger partial charge in [-0.05, 0) is 12.6 Å². The number of nitrogens with zero attached hydrogens (tertiary/aromatic N) is 1. The molecule has 0 aliphatic rings. The van der Waals surface area contributed by atoms with Crippen molar-refractivity contribution in [3.8, 4) is 0 Å². The number of hydrogen-bond donors (Lipinski definition) is 1. The van der Waals surface area contributed by atoms with Gasteiger partial charge >= 0.3 is 0 Å². The number of furan rings is 1. The highest BCUT2D eigenvalue weighted by Gasteiger charge is 2.15. The maximum Gasteiger partial charge on any atom is 0.134 e. The SMILES string of the molecule is C=CCN(CC=C)Cc1c(CNCC)oc2ccccc12. The van der Waals surface area contributed by atoms with Crippen molar-refractivity contribution in [1.29, 1.82) is 0 Å². The van der Waals surface area contributed by atoms with Gasteiger partial charge in [-0.1, -0.05) is 37.3 Å². The van der Waals surface area contributed by atoms with Crippen LogP contribution in [0.3, 0.4) is 0 Å². The molecule has 21 heavy (non-hydrogen) atoms. The summed E-state index contributed by atoms with van der Waals surface area (Å²) in [4.78, 5) is 2.30. The summed E-state index contributed by atoms with van der Waals surface area (Å²) >= 11 is 0. The summed E-state index contributed by atoms with van der Waals surface area (Å²) < 4.78 is 6.02. The van der Waals surface area contributed by atoms with Gasteiger partial charge in [-0.3, -0.25) is 4.90 Å². The number of hydrogen-bond acceptors (Lipinski definition) is 3. The van der Waals surface area contributed by atoms with E-state index in [2.05, 4.69) is 42.4 Å². The highest BCUT2D eigenvalue weighted by atomic mass is 16.3. The molecule has 0 aliphatic heterocycles. The van der Waals surface area contributed by atoms with E-state index in [0.717, 1.165) is 44.1 Å². The van der Waals surface area contributed by atoms with Gasteiger partial charge in [-0.15, -0.1) is 13.2 Å². The van der Waals surface area contributed by atoms with Crippen molar-refractivity contribution < 1.29 is 4.42 Å². The van der Waals surface area contributed by atoms with Crippen molar-refractivity contribution in [2.45, 2.75) is 20.0 Å². The Morgan fingerprint density at radius 1 is 1.19 bits per heavy atom. The molecular formula is C18H24N2O. The summed E-state index contributed by atoms with van der Waals surface area (Å²) in [5.41, 5.74) is 2.22. The quantitative estimate of drug-likeness (QED) is 0.711. The molecule has 1 heterocycles. The van der Waals surface area contributed by atoms with Crippen LogP contribution in [0.2, 0.25) is 0 Å². The molecule has 0 amide bonds. The molecule has 0 saturated carbocycles. The van der Waals surface area contributed by atoms with Crippen LogP contribution in [0.25, 0.3) is 11.0 Å². The maximum atomic E-state index is 6.02. The third-order valence-electron chi connectivity index (χ3n) is 3.47. The van der Waals surface area contributed by atoms with Crippen LogP contribution in [0.1, 0.15) is 18.2 Å². The third-order valence-corrected chi connectivity index (χ3v) is 3.47. The molecule has 1 aromatic carbocycles.